The van der Waals surface area contributed by atoms with Gasteiger partial charge in [0.15, 0.2) is 0 Å². The monoisotopic (exact) mass is 276 g/mol. The van der Waals surface area contributed by atoms with Gasteiger partial charge in [0, 0.05) is 11.3 Å². The van der Waals surface area contributed by atoms with E-state index < -0.39 is 11.4 Å². The van der Waals surface area contributed by atoms with Gasteiger partial charge in [-0.05, 0) is 25.1 Å². The zero-order valence-electron chi connectivity index (χ0n) is 10.2. The van der Waals surface area contributed by atoms with E-state index in [2.05, 4.69) is 0 Å². The lowest BCUT2D eigenvalue weighted by Gasteiger charge is -2.11. The SMILES string of the molecule is Cc1ccc(C#N)c(=O)n1Cc1cccc(Cl)c1F. The molecule has 2 rings (SSSR count). The largest absolute Gasteiger partial charge is 0.307 e. The Labute approximate surface area is 114 Å². The molecule has 1 heterocycles. The third kappa shape index (κ3) is 2.51. The molecular formula is C14H10ClFN2O. The maximum absolute atomic E-state index is 13.8. The fourth-order valence-electron chi connectivity index (χ4n) is 1.79. The van der Waals surface area contributed by atoms with E-state index in [4.69, 9.17) is 16.9 Å². The second-order valence-corrected chi connectivity index (χ2v) is 4.51. The zero-order chi connectivity index (χ0) is 14.0. The minimum atomic E-state index is -0.544. The third-order valence-corrected chi connectivity index (χ3v) is 3.16. The number of aryl methyl sites for hydroxylation is 1. The summed E-state index contributed by atoms with van der Waals surface area (Å²) in [7, 11) is 0. The first-order valence-electron chi connectivity index (χ1n) is 5.58. The number of hydrogen-bond donors (Lipinski definition) is 0. The van der Waals surface area contributed by atoms with Crippen LogP contribution in [0.2, 0.25) is 5.02 Å². The Morgan fingerprint density at radius 1 is 1.37 bits per heavy atom. The van der Waals surface area contributed by atoms with Crippen molar-refractivity contribution in [2.45, 2.75) is 13.5 Å². The molecule has 19 heavy (non-hydrogen) atoms. The maximum Gasteiger partial charge on any atom is 0.268 e. The van der Waals surface area contributed by atoms with Gasteiger partial charge < -0.3 is 4.57 Å². The molecule has 96 valence electrons. The van der Waals surface area contributed by atoms with Crippen molar-refractivity contribution in [2.75, 3.05) is 0 Å². The Kier molecular flexibility index (Phi) is 3.68. The van der Waals surface area contributed by atoms with Crippen molar-refractivity contribution in [1.82, 2.24) is 4.57 Å². The van der Waals surface area contributed by atoms with Crippen LogP contribution in [0.1, 0.15) is 16.8 Å². The van der Waals surface area contributed by atoms with Crippen molar-refractivity contribution < 1.29 is 4.39 Å². The highest BCUT2D eigenvalue weighted by atomic mass is 35.5. The fraction of sp³-hybridized carbons (Fsp3) is 0.143. The summed E-state index contributed by atoms with van der Waals surface area (Å²) in [6, 6.07) is 9.57. The first-order valence-corrected chi connectivity index (χ1v) is 5.96. The first-order chi connectivity index (χ1) is 9.04. The van der Waals surface area contributed by atoms with Crippen LogP contribution in [0.3, 0.4) is 0 Å². The highest BCUT2D eigenvalue weighted by Crippen LogP contribution is 2.18. The fourth-order valence-corrected chi connectivity index (χ4v) is 1.99. The minimum absolute atomic E-state index is 0.0136. The van der Waals surface area contributed by atoms with Gasteiger partial charge >= 0.3 is 0 Å². The predicted octanol–water partition coefficient (Wildman–Crippen LogP) is 2.87. The molecule has 0 radical (unpaired) electrons. The molecule has 0 unspecified atom stereocenters. The van der Waals surface area contributed by atoms with Gasteiger partial charge in [-0.25, -0.2) is 4.39 Å². The van der Waals surface area contributed by atoms with E-state index in [1.54, 1.807) is 25.1 Å². The second kappa shape index (κ2) is 5.25. The highest BCUT2D eigenvalue weighted by Gasteiger charge is 2.11. The Bertz CT molecular complexity index is 731. The smallest absolute Gasteiger partial charge is 0.268 e. The first kappa shape index (κ1) is 13.3. The van der Waals surface area contributed by atoms with Crippen LogP contribution in [0.5, 0.6) is 0 Å². The topological polar surface area (TPSA) is 45.8 Å². The van der Waals surface area contributed by atoms with Crippen LogP contribution >= 0.6 is 11.6 Å². The maximum atomic E-state index is 13.8. The number of hydrogen-bond acceptors (Lipinski definition) is 2. The molecule has 0 aliphatic heterocycles. The van der Waals surface area contributed by atoms with Crippen LogP contribution in [-0.4, -0.2) is 4.57 Å². The third-order valence-electron chi connectivity index (χ3n) is 2.87. The number of aromatic nitrogens is 1. The molecule has 0 bridgehead atoms. The van der Waals surface area contributed by atoms with Crippen LogP contribution in [0.25, 0.3) is 0 Å². The quantitative estimate of drug-likeness (QED) is 0.847. The summed E-state index contributed by atoms with van der Waals surface area (Å²) in [5, 5.41) is 8.85. The van der Waals surface area contributed by atoms with Crippen molar-refractivity contribution in [3.8, 4) is 6.07 Å². The van der Waals surface area contributed by atoms with Gasteiger partial charge in [-0.1, -0.05) is 23.7 Å². The van der Waals surface area contributed by atoms with E-state index in [0.717, 1.165) is 0 Å². The van der Waals surface area contributed by atoms with E-state index >= 15 is 0 Å². The molecule has 0 amide bonds. The van der Waals surface area contributed by atoms with E-state index in [1.807, 2.05) is 6.07 Å². The summed E-state index contributed by atoms with van der Waals surface area (Å²) in [6.45, 7) is 1.78. The molecule has 1 aromatic heterocycles. The van der Waals surface area contributed by atoms with Crippen molar-refractivity contribution in [2.24, 2.45) is 0 Å². The second-order valence-electron chi connectivity index (χ2n) is 4.10. The van der Waals surface area contributed by atoms with Crippen molar-refractivity contribution in [3.63, 3.8) is 0 Å². The van der Waals surface area contributed by atoms with Gasteiger partial charge in [0.25, 0.3) is 5.56 Å². The van der Waals surface area contributed by atoms with E-state index in [9.17, 15) is 9.18 Å². The number of rotatable bonds is 2. The number of halogens is 2. The zero-order valence-corrected chi connectivity index (χ0v) is 10.9. The van der Waals surface area contributed by atoms with Crippen LogP contribution in [0.4, 0.5) is 4.39 Å². The van der Waals surface area contributed by atoms with Crippen LogP contribution in [-0.2, 0) is 6.54 Å². The van der Waals surface area contributed by atoms with Crippen LogP contribution in [0.15, 0.2) is 35.1 Å². The lowest BCUT2D eigenvalue weighted by atomic mass is 10.2. The summed E-state index contributed by atoms with van der Waals surface area (Å²) in [5.41, 5.74) is 0.575. The average Bonchev–Trinajstić information content (AvgIpc) is 2.39. The van der Waals surface area contributed by atoms with E-state index in [-0.39, 0.29) is 17.1 Å². The molecule has 0 aliphatic carbocycles. The number of pyridine rings is 1. The predicted molar refractivity (Wildman–Crippen MR) is 70.7 cm³/mol. The minimum Gasteiger partial charge on any atom is -0.307 e. The summed E-state index contributed by atoms with van der Waals surface area (Å²) in [5.74, 6) is -0.544. The van der Waals surface area contributed by atoms with E-state index in [0.29, 0.717) is 11.3 Å². The van der Waals surface area contributed by atoms with Gasteiger partial charge in [-0.15, -0.1) is 0 Å². The molecular weight excluding hydrogens is 267 g/mol. The molecule has 0 saturated heterocycles. The lowest BCUT2D eigenvalue weighted by Crippen LogP contribution is -2.25. The standard InChI is InChI=1S/C14H10ClFN2O/c1-9-5-6-10(7-17)14(19)18(9)8-11-3-2-4-12(15)13(11)16/h2-6H,8H2,1H3. The number of benzene rings is 1. The highest BCUT2D eigenvalue weighted by molar-refractivity contribution is 6.30. The normalized spacial score (nSPS) is 10.2. The van der Waals surface area contributed by atoms with Gasteiger partial charge in [0.1, 0.15) is 17.4 Å². The molecule has 3 nitrogen and oxygen atoms in total. The molecule has 0 fully saturated rings. The molecule has 2 aromatic rings. The molecule has 0 saturated carbocycles. The van der Waals surface area contributed by atoms with Crippen LogP contribution in [0, 0.1) is 24.1 Å². The average molecular weight is 277 g/mol. The van der Waals surface area contributed by atoms with Gasteiger partial charge in [0.05, 0.1) is 11.6 Å². The summed E-state index contributed by atoms with van der Waals surface area (Å²) in [4.78, 5) is 12.0. The van der Waals surface area contributed by atoms with Crippen molar-refractivity contribution in [3.05, 3.63) is 68.3 Å². The number of nitrogens with zero attached hydrogens (tertiary/aromatic N) is 2. The molecule has 0 spiro atoms. The van der Waals surface area contributed by atoms with E-state index in [1.165, 1.54) is 16.7 Å². The van der Waals surface area contributed by atoms with Gasteiger partial charge in [-0.2, -0.15) is 5.26 Å². The summed E-state index contributed by atoms with van der Waals surface area (Å²) >= 11 is 5.70. The lowest BCUT2D eigenvalue weighted by molar-refractivity contribution is 0.593. The molecule has 1 aromatic carbocycles. The molecule has 5 heteroatoms. The summed E-state index contributed by atoms with van der Waals surface area (Å²) in [6.07, 6.45) is 0. The number of nitriles is 1. The molecule has 0 N–H and O–H groups in total. The Morgan fingerprint density at radius 3 is 2.79 bits per heavy atom. The molecule has 0 aliphatic rings. The Balaban J connectivity index is 2.53. The summed E-state index contributed by atoms with van der Waals surface area (Å²) < 4.78 is 15.2. The molecule has 0 atom stereocenters. The van der Waals surface area contributed by atoms with Gasteiger partial charge in [0.2, 0.25) is 0 Å². The van der Waals surface area contributed by atoms with Crippen LogP contribution < -0.4 is 5.56 Å². The Hall–Kier alpha value is -2.12. The van der Waals surface area contributed by atoms with Gasteiger partial charge in [-0.3, -0.25) is 4.79 Å². The van der Waals surface area contributed by atoms with Crippen molar-refractivity contribution in [1.29, 1.82) is 5.26 Å². The van der Waals surface area contributed by atoms with Crippen molar-refractivity contribution >= 4 is 11.6 Å². The Morgan fingerprint density at radius 2 is 2.11 bits per heavy atom.